The first-order valence-corrected chi connectivity index (χ1v) is 8.99. The van der Waals surface area contributed by atoms with E-state index >= 15 is 0 Å². The Morgan fingerprint density at radius 3 is 2.67 bits per heavy atom. The molecule has 136 valence electrons. The zero-order chi connectivity index (χ0) is 18.6. The Bertz CT molecular complexity index is 956. The molecular formula is C22H20FN3O. The lowest BCUT2D eigenvalue weighted by Crippen LogP contribution is -2.31. The number of halogens is 1. The van der Waals surface area contributed by atoms with Crippen molar-refractivity contribution in [2.24, 2.45) is 0 Å². The molecule has 5 heteroatoms. The highest BCUT2D eigenvalue weighted by molar-refractivity contribution is 5.93. The molecule has 0 aliphatic carbocycles. The second-order valence-electron chi connectivity index (χ2n) is 6.65. The van der Waals surface area contributed by atoms with Gasteiger partial charge in [-0.1, -0.05) is 36.4 Å². The highest BCUT2D eigenvalue weighted by atomic mass is 19.1. The summed E-state index contributed by atoms with van der Waals surface area (Å²) in [6.07, 6.45) is 2.66. The van der Waals surface area contributed by atoms with Crippen LogP contribution in [0.1, 0.15) is 27.2 Å². The standard InChI is InChI=1S/C22H20FN3O/c23-19-7-5-16(6-8-19)14-25-22(27)21-13-20(9-11-24-21)26-12-10-17-3-1-2-4-18(17)15-26/h1-9,11,13H,10,12,14-15H2,(H,25,27). The number of pyridine rings is 1. The van der Waals surface area contributed by atoms with Crippen molar-refractivity contribution in [2.45, 2.75) is 19.5 Å². The van der Waals surface area contributed by atoms with Crippen molar-refractivity contribution in [1.29, 1.82) is 0 Å². The predicted octanol–water partition coefficient (Wildman–Crippen LogP) is 3.71. The number of fused-ring (bicyclic) bond motifs is 1. The van der Waals surface area contributed by atoms with Gasteiger partial charge in [-0.25, -0.2) is 4.39 Å². The van der Waals surface area contributed by atoms with Gasteiger partial charge in [-0.15, -0.1) is 0 Å². The van der Waals surface area contributed by atoms with E-state index in [1.807, 2.05) is 12.1 Å². The molecule has 4 rings (SSSR count). The minimum absolute atomic E-state index is 0.237. The van der Waals surface area contributed by atoms with Gasteiger partial charge in [-0.3, -0.25) is 9.78 Å². The minimum atomic E-state index is -0.289. The van der Waals surface area contributed by atoms with E-state index in [0.717, 1.165) is 30.8 Å². The maximum atomic E-state index is 13.0. The Balaban J connectivity index is 1.44. The van der Waals surface area contributed by atoms with E-state index in [1.165, 1.54) is 23.3 Å². The fourth-order valence-corrected chi connectivity index (χ4v) is 3.33. The zero-order valence-electron chi connectivity index (χ0n) is 14.9. The summed E-state index contributed by atoms with van der Waals surface area (Å²) in [5.74, 6) is -0.527. The smallest absolute Gasteiger partial charge is 0.270 e. The summed E-state index contributed by atoms with van der Waals surface area (Å²) in [6, 6.07) is 18.3. The number of nitrogens with one attached hydrogen (secondary N) is 1. The molecule has 3 aromatic rings. The van der Waals surface area contributed by atoms with Crippen LogP contribution in [0.2, 0.25) is 0 Å². The molecule has 0 bridgehead atoms. The normalized spacial score (nSPS) is 13.1. The summed E-state index contributed by atoms with van der Waals surface area (Å²) in [4.78, 5) is 18.9. The third-order valence-corrected chi connectivity index (χ3v) is 4.84. The van der Waals surface area contributed by atoms with Gasteiger partial charge in [0.25, 0.3) is 5.91 Å². The summed E-state index contributed by atoms with van der Waals surface area (Å²) in [5.41, 5.74) is 4.93. The lowest BCUT2D eigenvalue weighted by Gasteiger charge is -2.30. The molecule has 27 heavy (non-hydrogen) atoms. The largest absolute Gasteiger partial charge is 0.367 e. The average molecular weight is 361 g/mol. The maximum absolute atomic E-state index is 13.0. The van der Waals surface area contributed by atoms with Gasteiger partial charge < -0.3 is 10.2 Å². The van der Waals surface area contributed by atoms with Gasteiger partial charge >= 0.3 is 0 Å². The Labute approximate surface area is 157 Å². The number of carbonyl (C=O) groups excluding carboxylic acids is 1. The van der Waals surface area contributed by atoms with Gasteiger partial charge in [-0.2, -0.15) is 0 Å². The van der Waals surface area contributed by atoms with E-state index in [9.17, 15) is 9.18 Å². The number of nitrogens with zero attached hydrogens (tertiary/aromatic N) is 2. The van der Waals surface area contributed by atoms with E-state index in [1.54, 1.807) is 18.3 Å². The molecule has 0 saturated heterocycles. The minimum Gasteiger partial charge on any atom is -0.367 e. The lowest BCUT2D eigenvalue weighted by molar-refractivity contribution is 0.0946. The monoisotopic (exact) mass is 361 g/mol. The number of carbonyl (C=O) groups is 1. The lowest BCUT2D eigenvalue weighted by atomic mass is 9.99. The summed E-state index contributed by atoms with van der Waals surface area (Å²) < 4.78 is 13.0. The number of hydrogen-bond acceptors (Lipinski definition) is 3. The van der Waals surface area contributed by atoms with Crippen LogP contribution in [0, 0.1) is 5.82 Å². The van der Waals surface area contributed by atoms with Crippen molar-refractivity contribution in [1.82, 2.24) is 10.3 Å². The molecule has 0 radical (unpaired) electrons. The second-order valence-corrected chi connectivity index (χ2v) is 6.65. The average Bonchev–Trinajstić information content (AvgIpc) is 2.73. The zero-order valence-corrected chi connectivity index (χ0v) is 14.9. The van der Waals surface area contributed by atoms with Gasteiger partial charge in [-0.05, 0) is 47.4 Å². The summed E-state index contributed by atoms with van der Waals surface area (Å²) in [6.45, 7) is 2.08. The number of benzene rings is 2. The topological polar surface area (TPSA) is 45.2 Å². The van der Waals surface area contributed by atoms with Gasteiger partial charge in [0, 0.05) is 31.5 Å². The quantitative estimate of drug-likeness (QED) is 0.770. The molecule has 0 saturated carbocycles. The molecular weight excluding hydrogens is 341 g/mol. The Hall–Kier alpha value is -3.21. The van der Waals surface area contributed by atoms with Crippen LogP contribution >= 0.6 is 0 Å². The number of aromatic nitrogens is 1. The van der Waals surface area contributed by atoms with Crippen LogP contribution in [0.25, 0.3) is 0 Å². The van der Waals surface area contributed by atoms with Gasteiger partial charge in [0.2, 0.25) is 0 Å². The predicted molar refractivity (Wildman–Crippen MR) is 103 cm³/mol. The van der Waals surface area contributed by atoms with Gasteiger partial charge in [0.1, 0.15) is 11.5 Å². The Morgan fingerprint density at radius 2 is 1.85 bits per heavy atom. The number of rotatable bonds is 4. The van der Waals surface area contributed by atoms with Crippen LogP contribution in [0.15, 0.2) is 66.9 Å². The van der Waals surface area contributed by atoms with Crippen LogP contribution in [0.5, 0.6) is 0 Å². The molecule has 0 fully saturated rings. The molecule has 0 spiro atoms. The second kappa shape index (κ2) is 7.58. The first kappa shape index (κ1) is 17.2. The van der Waals surface area contributed by atoms with E-state index in [0.29, 0.717) is 12.2 Å². The third kappa shape index (κ3) is 3.97. The molecule has 1 aliphatic heterocycles. The molecule has 0 unspecified atom stereocenters. The molecule has 2 aromatic carbocycles. The van der Waals surface area contributed by atoms with Crippen LogP contribution in [-0.4, -0.2) is 17.4 Å². The van der Waals surface area contributed by atoms with E-state index in [-0.39, 0.29) is 11.7 Å². The van der Waals surface area contributed by atoms with Gasteiger partial charge in [0.15, 0.2) is 0 Å². The van der Waals surface area contributed by atoms with E-state index in [4.69, 9.17) is 0 Å². The molecule has 4 nitrogen and oxygen atoms in total. The summed E-state index contributed by atoms with van der Waals surface area (Å²) >= 11 is 0. The first-order chi connectivity index (χ1) is 13.2. The SMILES string of the molecule is O=C(NCc1ccc(F)cc1)c1cc(N2CCc3ccccc3C2)ccn1. The molecule has 1 aliphatic rings. The molecule has 1 N–H and O–H groups in total. The van der Waals surface area contributed by atoms with Crippen molar-refractivity contribution in [3.63, 3.8) is 0 Å². The number of anilines is 1. The Morgan fingerprint density at radius 1 is 1.07 bits per heavy atom. The number of amides is 1. The maximum Gasteiger partial charge on any atom is 0.270 e. The molecule has 1 aromatic heterocycles. The van der Waals surface area contributed by atoms with Crippen LogP contribution in [0.4, 0.5) is 10.1 Å². The fourth-order valence-electron chi connectivity index (χ4n) is 3.33. The van der Waals surface area contributed by atoms with Crippen molar-refractivity contribution >= 4 is 11.6 Å². The van der Waals surface area contributed by atoms with Crippen molar-refractivity contribution < 1.29 is 9.18 Å². The third-order valence-electron chi connectivity index (χ3n) is 4.84. The van der Waals surface area contributed by atoms with Crippen LogP contribution < -0.4 is 10.2 Å². The van der Waals surface area contributed by atoms with Gasteiger partial charge in [0.05, 0.1) is 0 Å². The molecule has 0 atom stereocenters. The molecule has 1 amide bonds. The van der Waals surface area contributed by atoms with Crippen molar-refractivity contribution in [3.8, 4) is 0 Å². The van der Waals surface area contributed by atoms with Crippen molar-refractivity contribution in [3.05, 3.63) is 95.1 Å². The van der Waals surface area contributed by atoms with E-state index in [2.05, 4.69) is 39.5 Å². The molecule has 2 heterocycles. The van der Waals surface area contributed by atoms with E-state index < -0.39 is 0 Å². The van der Waals surface area contributed by atoms with Crippen molar-refractivity contribution in [2.75, 3.05) is 11.4 Å². The summed E-state index contributed by atoms with van der Waals surface area (Å²) in [7, 11) is 0. The first-order valence-electron chi connectivity index (χ1n) is 8.99. The Kier molecular flexibility index (Phi) is 4.83. The number of hydrogen-bond donors (Lipinski definition) is 1. The van der Waals surface area contributed by atoms with Crippen LogP contribution in [-0.2, 0) is 19.5 Å². The van der Waals surface area contributed by atoms with Crippen LogP contribution in [0.3, 0.4) is 0 Å². The highest BCUT2D eigenvalue weighted by Gasteiger charge is 2.17. The fraction of sp³-hybridized carbons (Fsp3) is 0.182. The summed E-state index contributed by atoms with van der Waals surface area (Å²) in [5, 5.41) is 2.84. The highest BCUT2D eigenvalue weighted by Crippen LogP contribution is 2.24.